The van der Waals surface area contributed by atoms with Crippen molar-refractivity contribution < 1.29 is 14.4 Å². The lowest BCUT2D eigenvalue weighted by Gasteiger charge is -2.36. The maximum atomic E-state index is 12.6. The summed E-state index contributed by atoms with van der Waals surface area (Å²) in [5, 5.41) is 3.16. The third-order valence-corrected chi connectivity index (χ3v) is 6.28. The quantitative estimate of drug-likeness (QED) is 0.812. The number of amides is 3. The smallest absolute Gasteiger partial charge is 0.251 e. The predicted octanol–water partition coefficient (Wildman–Crippen LogP) is 2.47. The van der Waals surface area contributed by atoms with E-state index in [9.17, 15) is 14.4 Å². The first kappa shape index (κ1) is 19.0. The Bertz CT molecular complexity index is 738. The van der Waals surface area contributed by atoms with Crippen LogP contribution in [0.3, 0.4) is 0 Å². The summed E-state index contributed by atoms with van der Waals surface area (Å²) in [5.74, 6) is 0.0676. The molecule has 1 aromatic carbocycles. The number of benzene rings is 1. The van der Waals surface area contributed by atoms with Gasteiger partial charge in [0.15, 0.2) is 0 Å². The highest BCUT2D eigenvalue weighted by atomic mass is 16.2. The summed E-state index contributed by atoms with van der Waals surface area (Å²) < 4.78 is 0. The van der Waals surface area contributed by atoms with Crippen molar-refractivity contribution in [3.8, 4) is 0 Å². The van der Waals surface area contributed by atoms with Crippen molar-refractivity contribution in [3.05, 3.63) is 35.4 Å². The minimum atomic E-state index is -0.272. The van der Waals surface area contributed by atoms with Gasteiger partial charge in [-0.1, -0.05) is 37.8 Å². The lowest BCUT2D eigenvalue weighted by Crippen LogP contribution is -2.56. The Morgan fingerprint density at radius 2 is 1.68 bits per heavy atom. The highest BCUT2D eigenvalue weighted by molar-refractivity contribution is 5.95. The van der Waals surface area contributed by atoms with Crippen LogP contribution in [0.4, 0.5) is 0 Å². The minimum Gasteiger partial charge on any atom is -0.349 e. The van der Waals surface area contributed by atoms with E-state index in [1.165, 1.54) is 25.7 Å². The minimum absolute atomic E-state index is 0.0238. The predicted molar refractivity (Wildman–Crippen MR) is 106 cm³/mol. The number of carbonyl (C=O) groups excluding carboxylic acids is 3. The molecule has 3 amide bonds. The Balaban J connectivity index is 1.36. The van der Waals surface area contributed by atoms with Crippen molar-refractivity contribution >= 4 is 17.7 Å². The van der Waals surface area contributed by atoms with E-state index in [1.807, 2.05) is 24.3 Å². The van der Waals surface area contributed by atoms with Crippen molar-refractivity contribution in [2.24, 2.45) is 0 Å². The highest BCUT2D eigenvalue weighted by Gasteiger charge is 2.41. The molecule has 0 unspecified atom stereocenters. The largest absolute Gasteiger partial charge is 0.349 e. The Morgan fingerprint density at radius 3 is 2.39 bits per heavy atom. The second-order valence-electron chi connectivity index (χ2n) is 8.30. The average Bonchev–Trinajstić information content (AvgIpc) is 3.06. The van der Waals surface area contributed by atoms with E-state index in [1.54, 1.807) is 9.80 Å². The van der Waals surface area contributed by atoms with Gasteiger partial charge in [0.1, 0.15) is 12.6 Å². The normalized spacial score (nSPS) is 23.5. The van der Waals surface area contributed by atoms with Gasteiger partial charge in [0.2, 0.25) is 11.8 Å². The fourth-order valence-electron chi connectivity index (χ4n) is 4.67. The van der Waals surface area contributed by atoms with Gasteiger partial charge in [0, 0.05) is 24.7 Å². The van der Waals surface area contributed by atoms with E-state index in [4.69, 9.17) is 0 Å². The van der Waals surface area contributed by atoms with Crippen LogP contribution in [0.2, 0.25) is 0 Å². The molecule has 2 saturated heterocycles. The lowest BCUT2D eigenvalue weighted by molar-refractivity contribution is -0.154. The summed E-state index contributed by atoms with van der Waals surface area (Å²) in [4.78, 5) is 40.8. The molecule has 0 radical (unpaired) electrons. The lowest BCUT2D eigenvalue weighted by atomic mass is 10.1. The molecule has 0 bridgehead atoms. The molecule has 1 atom stereocenters. The molecule has 6 heteroatoms. The number of piperazine rings is 1. The monoisotopic (exact) mass is 383 g/mol. The molecule has 1 aliphatic carbocycles. The summed E-state index contributed by atoms with van der Waals surface area (Å²) in [6.45, 7) is 1.27. The summed E-state index contributed by atoms with van der Waals surface area (Å²) in [6.07, 6.45) is 8.69. The van der Waals surface area contributed by atoms with Gasteiger partial charge < -0.3 is 15.1 Å². The highest BCUT2D eigenvalue weighted by Crippen LogP contribution is 2.25. The van der Waals surface area contributed by atoms with Crippen molar-refractivity contribution in [2.45, 2.75) is 70.0 Å². The van der Waals surface area contributed by atoms with Gasteiger partial charge in [0.25, 0.3) is 5.91 Å². The number of carbonyl (C=O) groups is 3. The third-order valence-electron chi connectivity index (χ3n) is 6.28. The second-order valence-corrected chi connectivity index (χ2v) is 8.30. The zero-order valence-corrected chi connectivity index (χ0v) is 16.4. The molecule has 2 heterocycles. The van der Waals surface area contributed by atoms with Crippen molar-refractivity contribution in [1.82, 2.24) is 15.1 Å². The van der Waals surface area contributed by atoms with Gasteiger partial charge in [-0.05, 0) is 43.4 Å². The van der Waals surface area contributed by atoms with Crippen LogP contribution in [0.5, 0.6) is 0 Å². The Morgan fingerprint density at radius 1 is 0.964 bits per heavy atom. The van der Waals surface area contributed by atoms with Crippen molar-refractivity contribution in [3.63, 3.8) is 0 Å². The molecule has 4 rings (SSSR count). The number of hydrogen-bond acceptors (Lipinski definition) is 3. The molecule has 2 aliphatic heterocycles. The third kappa shape index (κ3) is 4.05. The number of rotatable bonds is 4. The van der Waals surface area contributed by atoms with Crippen LogP contribution >= 0.6 is 0 Å². The van der Waals surface area contributed by atoms with Crippen LogP contribution in [0.15, 0.2) is 24.3 Å². The van der Waals surface area contributed by atoms with E-state index in [0.29, 0.717) is 18.7 Å². The standard InChI is InChI=1S/C22H29N3O3/c26-20-15-24(22(28)19-8-5-13-25(19)20)14-16-9-11-17(12-10-16)21(27)23-18-6-3-1-2-4-7-18/h9-12,18-19H,1-8,13-15H2,(H,23,27)/t19-/m0/s1. The average molecular weight is 383 g/mol. The molecule has 1 saturated carbocycles. The van der Waals surface area contributed by atoms with Gasteiger partial charge >= 0.3 is 0 Å². The molecule has 1 aromatic rings. The van der Waals surface area contributed by atoms with Crippen molar-refractivity contribution in [1.29, 1.82) is 0 Å². The van der Waals surface area contributed by atoms with Gasteiger partial charge in [-0.3, -0.25) is 14.4 Å². The first-order valence-corrected chi connectivity index (χ1v) is 10.6. The van der Waals surface area contributed by atoms with Gasteiger partial charge in [-0.2, -0.15) is 0 Å². The first-order valence-electron chi connectivity index (χ1n) is 10.6. The summed E-state index contributed by atoms with van der Waals surface area (Å²) in [5.41, 5.74) is 1.59. The Hall–Kier alpha value is -2.37. The molecule has 3 fully saturated rings. The molecule has 3 aliphatic rings. The number of nitrogens with zero attached hydrogens (tertiary/aromatic N) is 2. The zero-order valence-electron chi connectivity index (χ0n) is 16.4. The van der Waals surface area contributed by atoms with Crippen LogP contribution < -0.4 is 5.32 Å². The molecule has 0 spiro atoms. The van der Waals surface area contributed by atoms with Crippen LogP contribution in [0.1, 0.15) is 67.3 Å². The van der Waals surface area contributed by atoms with Crippen LogP contribution in [-0.4, -0.2) is 52.7 Å². The molecule has 150 valence electrons. The number of hydrogen-bond donors (Lipinski definition) is 1. The number of fused-ring (bicyclic) bond motifs is 1. The molecule has 0 aromatic heterocycles. The molecule has 28 heavy (non-hydrogen) atoms. The Labute approximate surface area is 166 Å². The van der Waals surface area contributed by atoms with E-state index < -0.39 is 0 Å². The second kappa shape index (κ2) is 8.33. The van der Waals surface area contributed by atoms with E-state index in [-0.39, 0.29) is 36.3 Å². The molecular formula is C22H29N3O3. The summed E-state index contributed by atoms with van der Waals surface area (Å²) >= 11 is 0. The SMILES string of the molecule is O=C(NC1CCCCCC1)c1ccc(CN2CC(=O)N3CCC[C@H]3C2=O)cc1. The fraction of sp³-hybridized carbons (Fsp3) is 0.591. The maximum Gasteiger partial charge on any atom is 0.251 e. The van der Waals surface area contributed by atoms with Crippen LogP contribution in [-0.2, 0) is 16.1 Å². The topological polar surface area (TPSA) is 69.7 Å². The maximum absolute atomic E-state index is 12.6. The molecule has 6 nitrogen and oxygen atoms in total. The fourth-order valence-corrected chi connectivity index (χ4v) is 4.67. The molecular weight excluding hydrogens is 354 g/mol. The van der Waals surface area contributed by atoms with E-state index in [2.05, 4.69) is 5.32 Å². The van der Waals surface area contributed by atoms with Gasteiger partial charge in [-0.15, -0.1) is 0 Å². The van der Waals surface area contributed by atoms with Gasteiger partial charge in [-0.25, -0.2) is 0 Å². The van der Waals surface area contributed by atoms with Gasteiger partial charge in [0.05, 0.1) is 0 Å². The van der Waals surface area contributed by atoms with Crippen molar-refractivity contribution in [2.75, 3.05) is 13.1 Å². The van der Waals surface area contributed by atoms with Crippen LogP contribution in [0.25, 0.3) is 0 Å². The van der Waals surface area contributed by atoms with E-state index >= 15 is 0 Å². The Kier molecular flexibility index (Phi) is 5.64. The summed E-state index contributed by atoms with van der Waals surface area (Å²) in [6, 6.07) is 7.42. The number of nitrogens with one attached hydrogen (secondary N) is 1. The van der Waals surface area contributed by atoms with E-state index in [0.717, 1.165) is 31.2 Å². The zero-order chi connectivity index (χ0) is 19.5. The summed E-state index contributed by atoms with van der Waals surface area (Å²) in [7, 11) is 0. The first-order chi connectivity index (χ1) is 13.6. The van der Waals surface area contributed by atoms with Crippen LogP contribution in [0, 0.1) is 0 Å². The molecule has 1 N–H and O–H groups in total.